The van der Waals surface area contributed by atoms with Crippen LogP contribution in [0, 0.1) is 0 Å². The van der Waals surface area contributed by atoms with E-state index in [0.29, 0.717) is 6.42 Å². The van der Waals surface area contributed by atoms with E-state index < -0.39 is 24.6 Å². The summed E-state index contributed by atoms with van der Waals surface area (Å²) in [6, 6.07) is -0.651. The van der Waals surface area contributed by atoms with Gasteiger partial charge < -0.3 is 10.1 Å². The van der Waals surface area contributed by atoms with Crippen molar-refractivity contribution in [2.75, 3.05) is 13.7 Å². The standard InChI is InChI=1S/C8H14F3NO2/c1-3-6(7(13)14-2)12-5-4-8(9,10)11/h6,12H,3-5H2,1-2H3. The Labute approximate surface area is 80.6 Å². The molecule has 0 bridgehead atoms. The van der Waals surface area contributed by atoms with Gasteiger partial charge in [0, 0.05) is 6.54 Å². The lowest BCUT2D eigenvalue weighted by atomic mass is 10.2. The average Bonchev–Trinajstić information content (AvgIpc) is 2.09. The van der Waals surface area contributed by atoms with Gasteiger partial charge in [0.15, 0.2) is 0 Å². The summed E-state index contributed by atoms with van der Waals surface area (Å²) in [7, 11) is 1.20. The van der Waals surface area contributed by atoms with Crippen molar-refractivity contribution in [3.63, 3.8) is 0 Å². The molecule has 0 radical (unpaired) electrons. The highest BCUT2D eigenvalue weighted by molar-refractivity contribution is 5.75. The number of rotatable bonds is 5. The highest BCUT2D eigenvalue weighted by Crippen LogP contribution is 2.18. The monoisotopic (exact) mass is 213 g/mol. The van der Waals surface area contributed by atoms with E-state index in [1.807, 2.05) is 0 Å². The van der Waals surface area contributed by atoms with Crippen LogP contribution in [0.4, 0.5) is 13.2 Å². The molecule has 0 saturated heterocycles. The third-order valence-corrected chi connectivity index (χ3v) is 1.69. The lowest BCUT2D eigenvalue weighted by Gasteiger charge is -2.14. The largest absolute Gasteiger partial charge is 0.468 e. The second-order valence-electron chi connectivity index (χ2n) is 2.80. The van der Waals surface area contributed by atoms with Crippen molar-refractivity contribution >= 4 is 5.97 Å². The first kappa shape index (κ1) is 13.2. The Bertz CT molecular complexity index is 182. The molecule has 0 saturated carbocycles. The van der Waals surface area contributed by atoms with Gasteiger partial charge in [0.25, 0.3) is 0 Å². The van der Waals surface area contributed by atoms with Crippen molar-refractivity contribution < 1.29 is 22.7 Å². The maximum absolute atomic E-state index is 11.7. The van der Waals surface area contributed by atoms with Crippen LogP contribution in [0.15, 0.2) is 0 Å². The Morgan fingerprint density at radius 3 is 2.43 bits per heavy atom. The lowest BCUT2D eigenvalue weighted by Crippen LogP contribution is -2.38. The molecule has 0 aromatic carbocycles. The molecule has 3 nitrogen and oxygen atoms in total. The molecular weight excluding hydrogens is 199 g/mol. The van der Waals surface area contributed by atoms with E-state index in [0.717, 1.165) is 0 Å². The summed E-state index contributed by atoms with van der Waals surface area (Å²) in [5.41, 5.74) is 0. The summed E-state index contributed by atoms with van der Waals surface area (Å²) in [6.45, 7) is 1.43. The fourth-order valence-corrected chi connectivity index (χ4v) is 0.925. The predicted molar refractivity (Wildman–Crippen MR) is 44.8 cm³/mol. The van der Waals surface area contributed by atoms with Crippen LogP contribution in [0.1, 0.15) is 19.8 Å². The molecule has 1 N–H and O–H groups in total. The van der Waals surface area contributed by atoms with Crippen molar-refractivity contribution in [2.45, 2.75) is 32.0 Å². The van der Waals surface area contributed by atoms with Gasteiger partial charge in [-0.2, -0.15) is 13.2 Å². The maximum atomic E-state index is 11.7. The molecule has 0 aromatic rings. The lowest BCUT2D eigenvalue weighted by molar-refractivity contribution is -0.145. The second-order valence-corrected chi connectivity index (χ2v) is 2.80. The summed E-state index contributed by atoms with van der Waals surface area (Å²) in [5, 5.41) is 2.48. The smallest absolute Gasteiger partial charge is 0.390 e. The van der Waals surface area contributed by atoms with E-state index >= 15 is 0 Å². The van der Waals surface area contributed by atoms with E-state index in [2.05, 4.69) is 10.1 Å². The third-order valence-electron chi connectivity index (χ3n) is 1.69. The Kier molecular flexibility index (Phi) is 5.52. The zero-order chi connectivity index (χ0) is 11.2. The first-order valence-electron chi connectivity index (χ1n) is 4.28. The molecule has 0 spiro atoms. The average molecular weight is 213 g/mol. The maximum Gasteiger partial charge on any atom is 0.390 e. The fraction of sp³-hybridized carbons (Fsp3) is 0.875. The molecule has 14 heavy (non-hydrogen) atoms. The van der Waals surface area contributed by atoms with Crippen molar-refractivity contribution in [1.29, 1.82) is 0 Å². The van der Waals surface area contributed by atoms with Crippen LogP contribution < -0.4 is 5.32 Å². The van der Waals surface area contributed by atoms with Crippen molar-refractivity contribution in [2.24, 2.45) is 0 Å². The van der Waals surface area contributed by atoms with Crippen molar-refractivity contribution in [3.05, 3.63) is 0 Å². The molecule has 0 aliphatic heterocycles. The number of ether oxygens (including phenoxy) is 1. The van der Waals surface area contributed by atoms with Gasteiger partial charge in [-0.15, -0.1) is 0 Å². The van der Waals surface area contributed by atoms with Crippen LogP contribution in [0.2, 0.25) is 0 Å². The van der Waals surface area contributed by atoms with Crippen LogP contribution in [0.25, 0.3) is 0 Å². The third kappa shape index (κ3) is 5.80. The van der Waals surface area contributed by atoms with E-state index in [1.54, 1.807) is 6.92 Å². The van der Waals surface area contributed by atoms with E-state index in [9.17, 15) is 18.0 Å². The Morgan fingerprint density at radius 1 is 1.50 bits per heavy atom. The van der Waals surface area contributed by atoms with Gasteiger partial charge >= 0.3 is 12.1 Å². The number of methoxy groups -OCH3 is 1. The number of hydrogen-bond donors (Lipinski definition) is 1. The van der Waals surface area contributed by atoms with E-state index in [1.165, 1.54) is 7.11 Å². The Balaban J connectivity index is 3.80. The van der Waals surface area contributed by atoms with Gasteiger partial charge in [0.2, 0.25) is 0 Å². The van der Waals surface area contributed by atoms with Gasteiger partial charge in [-0.3, -0.25) is 4.79 Å². The Hall–Kier alpha value is -0.780. The highest BCUT2D eigenvalue weighted by atomic mass is 19.4. The number of halogens is 3. The van der Waals surface area contributed by atoms with Crippen LogP contribution in [0.3, 0.4) is 0 Å². The van der Waals surface area contributed by atoms with Crippen LogP contribution in [0.5, 0.6) is 0 Å². The van der Waals surface area contributed by atoms with Crippen LogP contribution in [-0.2, 0) is 9.53 Å². The normalized spacial score (nSPS) is 13.8. The molecule has 6 heteroatoms. The Morgan fingerprint density at radius 2 is 2.07 bits per heavy atom. The minimum Gasteiger partial charge on any atom is -0.468 e. The molecule has 0 aromatic heterocycles. The zero-order valence-electron chi connectivity index (χ0n) is 8.15. The SMILES string of the molecule is CCC(NCCC(F)(F)F)C(=O)OC. The van der Waals surface area contributed by atoms with Gasteiger partial charge in [0.05, 0.1) is 13.5 Å². The highest BCUT2D eigenvalue weighted by Gasteiger charge is 2.27. The molecule has 0 aliphatic rings. The molecule has 0 aliphatic carbocycles. The van der Waals surface area contributed by atoms with Gasteiger partial charge in [-0.05, 0) is 6.42 Å². The summed E-state index contributed by atoms with van der Waals surface area (Å²) >= 11 is 0. The number of nitrogens with one attached hydrogen (secondary N) is 1. The van der Waals surface area contributed by atoms with Gasteiger partial charge in [-0.1, -0.05) is 6.92 Å². The quantitative estimate of drug-likeness (QED) is 0.703. The summed E-state index contributed by atoms with van der Waals surface area (Å²) in [5.74, 6) is -0.533. The number of hydrogen-bond acceptors (Lipinski definition) is 3. The summed E-state index contributed by atoms with van der Waals surface area (Å²) in [6.07, 6.45) is -4.73. The van der Waals surface area contributed by atoms with E-state index in [-0.39, 0.29) is 6.54 Å². The number of carbonyl (C=O) groups excluding carboxylic acids is 1. The minimum atomic E-state index is -4.19. The van der Waals surface area contributed by atoms with Gasteiger partial charge in [-0.25, -0.2) is 0 Å². The number of alkyl halides is 3. The molecule has 0 rings (SSSR count). The van der Waals surface area contributed by atoms with Crippen molar-refractivity contribution in [3.8, 4) is 0 Å². The molecule has 1 atom stereocenters. The number of esters is 1. The summed E-state index contributed by atoms with van der Waals surface area (Å²) in [4.78, 5) is 10.9. The molecule has 1 unspecified atom stereocenters. The van der Waals surface area contributed by atoms with Gasteiger partial charge in [0.1, 0.15) is 6.04 Å². The van der Waals surface area contributed by atoms with Crippen LogP contribution >= 0.6 is 0 Å². The molecule has 0 fully saturated rings. The molecule has 84 valence electrons. The second kappa shape index (κ2) is 5.85. The molecule has 0 heterocycles. The van der Waals surface area contributed by atoms with Crippen LogP contribution in [-0.4, -0.2) is 31.8 Å². The first-order chi connectivity index (χ1) is 6.40. The predicted octanol–water partition coefficient (Wildman–Crippen LogP) is 1.48. The minimum absolute atomic E-state index is 0.267. The topological polar surface area (TPSA) is 38.3 Å². The molecule has 0 amide bonds. The molecular formula is C8H14F3NO2. The van der Waals surface area contributed by atoms with E-state index in [4.69, 9.17) is 0 Å². The zero-order valence-corrected chi connectivity index (χ0v) is 8.15. The fourth-order valence-electron chi connectivity index (χ4n) is 0.925. The summed E-state index contributed by atoms with van der Waals surface area (Å²) < 4.78 is 39.6. The van der Waals surface area contributed by atoms with Crippen molar-refractivity contribution in [1.82, 2.24) is 5.32 Å². The first-order valence-corrected chi connectivity index (χ1v) is 4.28. The number of carbonyl (C=O) groups is 1.